The van der Waals surface area contributed by atoms with Crippen molar-refractivity contribution in [2.45, 2.75) is 43.8 Å². The first-order valence-electron chi connectivity index (χ1n) is 5.62. The number of halogens is 12. The quantitative estimate of drug-likeness (QED) is 0.436. The van der Waals surface area contributed by atoms with Gasteiger partial charge in [-0.3, -0.25) is 13.6 Å². The van der Waals surface area contributed by atoms with Crippen molar-refractivity contribution in [2.24, 2.45) is 0 Å². The van der Waals surface area contributed by atoms with Gasteiger partial charge in [-0.15, -0.1) is 0 Å². The van der Waals surface area contributed by atoms with Crippen molar-refractivity contribution in [3.05, 3.63) is 0 Å². The Kier molecular flexibility index (Phi) is 7.27. The fourth-order valence-electron chi connectivity index (χ4n) is 1.11. The van der Waals surface area contributed by atoms with Crippen molar-refractivity contribution < 1.29 is 70.8 Å². The minimum Gasteiger partial charge on any atom is -0.287 e. The Bertz CT molecular complexity index is 411. The minimum atomic E-state index is -6.60. The Morgan fingerprint density at radius 1 is 0.680 bits per heavy atom. The van der Waals surface area contributed by atoms with E-state index in [2.05, 4.69) is 13.6 Å². The van der Waals surface area contributed by atoms with Crippen LogP contribution in [-0.4, -0.2) is 43.5 Å². The second-order valence-electron chi connectivity index (χ2n) is 4.00. The lowest BCUT2D eigenvalue weighted by Crippen LogP contribution is -2.46. The van der Waals surface area contributed by atoms with Crippen LogP contribution in [-0.2, 0) is 18.1 Å². The molecule has 0 aromatic rings. The van der Waals surface area contributed by atoms with E-state index in [4.69, 9.17) is 0 Å². The van der Waals surface area contributed by atoms with E-state index in [0.29, 0.717) is 6.92 Å². The van der Waals surface area contributed by atoms with Crippen LogP contribution in [0.5, 0.6) is 0 Å². The summed E-state index contributed by atoms with van der Waals surface area (Å²) >= 11 is 0. The van der Waals surface area contributed by atoms with Gasteiger partial charge in [0.15, 0.2) is 0 Å². The molecule has 0 atom stereocenters. The molecule has 0 spiro atoms. The highest BCUT2D eigenvalue weighted by Crippen LogP contribution is 2.58. The molecule has 0 saturated heterocycles. The highest BCUT2D eigenvalue weighted by Gasteiger charge is 2.65. The van der Waals surface area contributed by atoms with Crippen LogP contribution in [0.1, 0.15) is 6.92 Å². The number of alkyl halides is 12. The average Bonchev–Trinajstić information content (AvgIpc) is 2.28. The molecule has 0 radical (unpaired) electrons. The number of phosphoric ester groups is 1. The molecular formula is C8H7F12O4P. The van der Waals surface area contributed by atoms with Gasteiger partial charge in [0.25, 0.3) is 12.2 Å². The molecule has 0 aromatic carbocycles. The fourth-order valence-corrected chi connectivity index (χ4v) is 2.59. The average molecular weight is 426 g/mol. The van der Waals surface area contributed by atoms with Crippen LogP contribution in [0.25, 0.3) is 0 Å². The second-order valence-corrected chi connectivity index (χ2v) is 5.58. The maximum absolute atomic E-state index is 12.3. The summed E-state index contributed by atoms with van der Waals surface area (Å²) in [5.74, 6) is 0. The lowest BCUT2D eigenvalue weighted by molar-refractivity contribution is -0.317. The van der Waals surface area contributed by atoms with Crippen LogP contribution >= 0.6 is 7.82 Å². The lowest BCUT2D eigenvalue weighted by Gasteiger charge is -2.30. The first-order chi connectivity index (χ1) is 10.7. The molecule has 0 aliphatic carbocycles. The summed E-state index contributed by atoms with van der Waals surface area (Å²) in [6.45, 7) is -0.506. The van der Waals surface area contributed by atoms with Gasteiger partial charge in [0.2, 0.25) is 0 Å². The number of rotatable bonds is 6. The standard InChI is InChI=1S/C8H7F12O4P/c1-2-22-25(21,23-3(5(9,10)11)6(12,13)14)24-4(7(15,16)17)8(18,19)20/h3-4H,2H2,1H3. The molecule has 0 aliphatic rings. The van der Waals surface area contributed by atoms with Crippen molar-refractivity contribution in [2.75, 3.05) is 6.61 Å². The third-order valence-electron chi connectivity index (χ3n) is 1.95. The van der Waals surface area contributed by atoms with Gasteiger partial charge in [0.1, 0.15) is 0 Å². The molecule has 0 amide bonds. The molecule has 152 valence electrons. The molecule has 0 saturated carbocycles. The topological polar surface area (TPSA) is 44.8 Å². The van der Waals surface area contributed by atoms with E-state index in [1.807, 2.05) is 0 Å². The van der Waals surface area contributed by atoms with Gasteiger partial charge < -0.3 is 0 Å². The minimum absolute atomic E-state index is 0.686. The Labute approximate surface area is 130 Å². The summed E-state index contributed by atoms with van der Waals surface area (Å²) in [6, 6.07) is 0. The summed E-state index contributed by atoms with van der Waals surface area (Å²) in [6.07, 6.45) is -35.6. The molecule has 4 nitrogen and oxygen atoms in total. The highest BCUT2D eigenvalue weighted by molar-refractivity contribution is 7.48. The molecule has 0 unspecified atom stereocenters. The van der Waals surface area contributed by atoms with E-state index in [-0.39, 0.29) is 0 Å². The monoisotopic (exact) mass is 426 g/mol. The predicted octanol–water partition coefficient (Wildman–Crippen LogP) is 5.15. The van der Waals surface area contributed by atoms with Gasteiger partial charge in [-0.05, 0) is 6.92 Å². The van der Waals surface area contributed by atoms with E-state index in [0.717, 1.165) is 0 Å². The molecule has 0 N–H and O–H groups in total. The second kappa shape index (κ2) is 7.48. The highest BCUT2D eigenvalue weighted by atomic mass is 31.2. The van der Waals surface area contributed by atoms with Crippen LogP contribution in [0.4, 0.5) is 52.7 Å². The van der Waals surface area contributed by atoms with Crippen molar-refractivity contribution in [1.29, 1.82) is 0 Å². The number of hydrogen-bond donors (Lipinski definition) is 0. The van der Waals surface area contributed by atoms with E-state index >= 15 is 0 Å². The van der Waals surface area contributed by atoms with Gasteiger partial charge >= 0.3 is 32.5 Å². The van der Waals surface area contributed by atoms with Gasteiger partial charge in [-0.2, -0.15) is 52.7 Å². The lowest BCUT2D eigenvalue weighted by atomic mass is 10.3. The zero-order chi connectivity index (χ0) is 20.5. The summed E-state index contributed by atoms with van der Waals surface area (Å²) in [5.41, 5.74) is 0. The third-order valence-corrected chi connectivity index (χ3v) is 3.46. The van der Waals surface area contributed by atoms with Crippen molar-refractivity contribution in [1.82, 2.24) is 0 Å². The Balaban J connectivity index is 5.87. The summed E-state index contributed by atoms with van der Waals surface area (Å²) < 4.78 is 168. The van der Waals surface area contributed by atoms with E-state index in [1.54, 1.807) is 0 Å². The SMILES string of the molecule is CCOP(=O)(OC(C(F)(F)F)C(F)(F)F)OC(C(F)(F)F)C(F)(F)F. The van der Waals surface area contributed by atoms with Crippen LogP contribution in [0.2, 0.25) is 0 Å². The molecular weight excluding hydrogens is 419 g/mol. The van der Waals surface area contributed by atoms with Gasteiger partial charge in [0.05, 0.1) is 6.61 Å². The van der Waals surface area contributed by atoms with Gasteiger partial charge in [0, 0.05) is 0 Å². The molecule has 17 heteroatoms. The molecule has 25 heavy (non-hydrogen) atoms. The van der Waals surface area contributed by atoms with Crippen LogP contribution in [0.3, 0.4) is 0 Å². The van der Waals surface area contributed by atoms with Gasteiger partial charge in [-0.25, -0.2) is 4.57 Å². The van der Waals surface area contributed by atoms with E-state index in [1.165, 1.54) is 0 Å². The molecule has 0 fully saturated rings. The van der Waals surface area contributed by atoms with Crippen molar-refractivity contribution >= 4 is 7.82 Å². The molecule has 0 aliphatic heterocycles. The summed E-state index contributed by atoms with van der Waals surface area (Å²) in [5, 5.41) is 0. The molecule has 0 heterocycles. The van der Waals surface area contributed by atoms with E-state index in [9.17, 15) is 57.3 Å². The fraction of sp³-hybridized carbons (Fsp3) is 1.00. The molecule has 0 rings (SSSR count). The predicted molar refractivity (Wildman–Crippen MR) is 53.2 cm³/mol. The zero-order valence-electron chi connectivity index (χ0n) is 11.5. The molecule has 0 bridgehead atoms. The maximum Gasteiger partial charge on any atom is 0.476 e. The number of hydrogen-bond acceptors (Lipinski definition) is 4. The van der Waals surface area contributed by atoms with Crippen molar-refractivity contribution in [3.63, 3.8) is 0 Å². The van der Waals surface area contributed by atoms with Crippen molar-refractivity contribution in [3.8, 4) is 0 Å². The van der Waals surface area contributed by atoms with Crippen LogP contribution < -0.4 is 0 Å². The van der Waals surface area contributed by atoms with E-state index < -0.39 is 51.3 Å². The van der Waals surface area contributed by atoms with Gasteiger partial charge in [-0.1, -0.05) is 0 Å². The summed E-state index contributed by atoms with van der Waals surface area (Å²) in [7, 11) is -6.60. The molecule has 0 aromatic heterocycles. The third kappa shape index (κ3) is 7.58. The first kappa shape index (κ1) is 24.3. The Morgan fingerprint density at radius 2 is 0.920 bits per heavy atom. The normalized spacial score (nSPS) is 15.3. The Hall–Kier alpha value is -0.730. The first-order valence-corrected chi connectivity index (χ1v) is 7.08. The van der Waals surface area contributed by atoms with Crippen LogP contribution in [0, 0.1) is 0 Å². The van der Waals surface area contributed by atoms with Crippen LogP contribution in [0.15, 0.2) is 0 Å². The Morgan fingerprint density at radius 3 is 1.08 bits per heavy atom. The smallest absolute Gasteiger partial charge is 0.287 e. The largest absolute Gasteiger partial charge is 0.476 e. The summed E-state index contributed by atoms with van der Waals surface area (Å²) in [4.78, 5) is 0. The number of phosphoric acid groups is 1. The maximum atomic E-state index is 12.3. The zero-order valence-corrected chi connectivity index (χ0v) is 12.4.